The third-order valence-corrected chi connectivity index (χ3v) is 3.06. The molecule has 106 valence electrons. The van der Waals surface area contributed by atoms with Gasteiger partial charge in [0.2, 0.25) is 5.91 Å². The Morgan fingerprint density at radius 3 is 2.55 bits per heavy atom. The van der Waals surface area contributed by atoms with Crippen LogP contribution in [0, 0.1) is 10.1 Å². The van der Waals surface area contributed by atoms with Gasteiger partial charge >= 0.3 is 5.97 Å². The Kier molecular flexibility index (Phi) is 3.55. The van der Waals surface area contributed by atoms with Gasteiger partial charge in [-0.15, -0.1) is 0 Å². The van der Waals surface area contributed by atoms with Crippen molar-refractivity contribution in [3.63, 3.8) is 0 Å². The number of anilines is 1. The van der Waals surface area contributed by atoms with Crippen LogP contribution in [0.5, 0.6) is 0 Å². The summed E-state index contributed by atoms with van der Waals surface area (Å²) in [5.74, 6) is -1.83. The Bertz CT molecular complexity index is 582. The smallest absolute Gasteiger partial charge is 0.323 e. The first kappa shape index (κ1) is 13.8. The summed E-state index contributed by atoms with van der Waals surface area (Å²) in [7, 11) is 0. The van der Waals surface area contributed by atoms with Gasteiger partial charge in [0.15, 0.2) is 0 Å². The molecule has 1 aromatic rings. The topological polar surface area (TPSA) is 127 Å². The molecule has 20 heavy (non-hydrogen) atoms. The number of hydrogen-bond donors (Lipinski definition) is 2. The fourth-order valence-electron chi connectivity index (χ4n) is 2.01. The number of carbonyl (C=O) groups excluding carboxylic acids is 1. The van der Waals surface area contributed by atoms with E-state index >= 15 is 0 Å². The summed E-state index contributed by atoms with van der Waals surface area (Å²) in [6, 6.07) is 3.81. The van der Waals surface area contributed by atoms with E-state index in [4.69, 9.17) is 10.8 Å². The SMILES string of the molecule is NC(=O)c1ccc(N(CC(=O)O)C2CC2)c([N+](=O)[O-])c1. The van der Waals surface area contributed by atoms with Gasteiger partial charge in [-0.2, -0.15) is 0 Å². The molecule has 8 nitrogen and oxygen atoms in total. The molecule has 1 saturated carbocycles. The fourth-order valence-corrected chi connectivity index (χ4v) is 2.01. The maximum atomic E-state index is 11.1. The monoisotopic (exact) mass is 279 g/mol. The second kappa shape index (κ2) is 5.16. The summed E-state index contributed by atoms with van der Waals surface area (Å²) in [5, 5.41) is 20.0. The number of nitrogens with two attached hydrogens (primary N) is 1. The maximum absolute atomic E-state index is 11.1. The van der Waals surface area contributed by atoms with Gasteiger partial charge in [-0.3, -0.25) is 19.7 Å². The molecule has 1 fully saturated rings. The van der Waals surface area contributed by atoms with Crippen LogP contribution in [-0.4, -0.2) is 34.5 Å². The number of primary amides is 1. The maximum Gasteiger partial charge on any atom is 0.323 e. The number of aliphatic carboxylic acids is 1. The van der Waals surface area contributed by atoms with E-state index in [-0.39, 0.29) is 29.5 Å². The first-order valence-corrected chi connectivity index (χ1v) is 5.97. The van der Waals surface area contributed by atoms with Crippen LogP contribution in [0.2, 0.25) is 0 Å². The highest BCUT2D eigenvalue weighted by atomic mass is 16.6. The van der Waals surface area contributed by atoms with Crippen molar-refractivity contribution in [2.24, 2.45) is 5.73 Å². The minimum absolute atomic E-state index is 0.00997. The predicted molar refractivity (Wildman–Crippen MR) is 69.6 cm³/mol. The van der Waals surface area contributed by atoms with Gasteiger partial charge in [0.25, 0.3) is 5.69 Å². The zero-order valence-corrected chi connectivity index (χ0v) is 10.5. The normalized spacial score (nSPS) is 13.8. The standard InChI is InChI=1S/C12H13N3O5/c13-12(18)7-1-4-9(10(5-7)15(19)20)14(6-11(16)17)8-2-3-8/h1,4-5,8H,2-3,6H2,(H2,13,18)(H,16,17). The lowest BCUT2D eigenvalue weighted by atomic mass is 10.1. The molecule has 1 amide bonds. The quantitative estimate of drug-likeness (QED) is 0.584. The first-order chi connectivity index (χ1) is 9.40. The van der Waals surface area contributed by atoms with E-state index in [1.165, 1.54) is 17.0 Å². The Hall–Kier alpha value is -2.64. The molecule has 0 unspecified atom stereocenters. The van der Waals surface area contributed by atoms with E-state index in [1.54, 1.807) is 0 Å². The second-order valence-corrected chi connectivity index (χ2v) is 4.58. The number of carboxylic acids is 1. The van der Waals surface area contributed by atoms with Gasteiger partial charge in [0, 0.05) is 17.7 Å². The van der Waals surface area contributed by atoms with E-state index in [0.717, 1.165) is 18.9 Å². The van der Waals surface area contributed by atoms with Crippen LogP contribution >= 0.6 is 0 Å². The Balaban J connectivity index is 2.45. The Labute approximate surface area is 113 Å². The molecule has 0 aromatic heterocycles. The van der Waals surface area contributed by atoms with E-state index < -0.39 is 16.8 Å². The van der Waals surface area contributed by atoms with Gasteiger partial charge in [-0.25, -0.2) is 0 Å². The number of nitro groups is 1. The lowest BCUT2D eigenvalue weighted by Crippen LogP contribution is -2.32. The van der Waals surface area contributed by atoms with Crippen LogP contribution < -0.4 is 10.6 Å². The zero-order valence-electron chi connectivity index (χ0n) is 10.5. The third kappa shape index (κ3) is 2.85. The molecular weight excluding hydrogens is 266 g/mol. The van der Waals surface area contributed by atoms with Gasteiger partial charge in [0.05, 0.1) is 4.92 Å². The molecule has 0 radical (unpaired) electrons. The number of hydrogen-bond acceptors (Lipinski definition) is 5. The lowest BCUT2D eigenvalue weighted by Gasteiger charge is -2.22. The number of rotatable bonds is 6. The fraction of sp³-hybridized carbons (Fsp3) is 0.333. The van der Waals surface area contributed by atoms with Crippen molar-refractivity contribution in [3.8, 4) is 0 Å². The van der Waals surface area contributed by atoms with Crippen LogP contribution in [-0.2, 0) is 4.79 Å². The highest BCUT2D eigenvalue weighted by molar-refractivity contribution is 5.94. The van der Waals surface area contributed by atoms with Crippen LogP contribution in [0.1, 0.15) is 23.2 Å². The molecule has 0 heterocycles. The van der Waals surface area contributed by atoms with E-state index in [0.29, 0.717) is 0 Å². The minimum Gasteiger partial charge on any atom is -0.480 e. The van der Waals surface area contributed by atoms with Crippen molar-refractivity contribution in [1.29, 1.82) is 0 Å². The number of carbonyl (C=O) groups is 2. The number of benzene rings is 1. The Morgan fingerprint density at radius 1 is 1.45 bits per heavy atom. The molecule has 2 rings (SSSR count). The molecule has 0 saturated heterocycles. The van der Waals surface area contributed by atoms with Gasteiger partial charge < -0.3 is 15.7 Å². The molecule has 8 heteroatoms. The van der Waals surface area contributed by atoms with Gasteiger partial charge in [-0.1, -0.05) is 0 Å². The number of carboxylic acid groups (broad SMARTS) is 1. The van der Waals surface area contributed by atoms with Crippen LogP contribution in [0.25, 0.3) is 0 Å². The molecule has 3 N–H and O–H groups in total. The third-order valence-electron chi connectivity index (χ3n) is 3.06. The van der Waals surface area contributed by atoms with Crippen LogP contribution in [0.15, 0.2) is 18.2 Å². The van der Waals surface area contributed by atoms with E-state index in [9.17, 15) is 19.7 Å². The second-order valence-electron chi connectivity index (χ2n) is 4.58. The highest BCUT2D eigenvalue weighted by Crippen LogP contribution is 2.37. The number of amides is 1. The predicted octanol–water partition coefficient (Wildman–Crippen LogP) is 0.747. The van der Waals surface area contributed by atoms with Crippen molar-refractivity contribution in [2.75, 3.05) is 11.4 Å². The Morgan fingerprint density at radius 2 is 2.10 bits per heavy atom. The first-order valence-electron chi connectivity index (χ1n) is 5.97. The molecule has 0 spiro atoms. The molecule has 0 bridgehead atoms. The van der Waals surface area contributed by atoms with Crippen molar-refractivity contribution in [3.05, 3.63) is 33.9 Å². The summed E-state index contributed by atoms with van der Waals surface area (Å²) < 4.78 is 0. The van der Waals surface area contributed by atoms with Crippen LogP contribution in [0.4, 0.5) is 11.4 Å². The summed E-state index contributed by atoms with van der Waals surface area (Å²) in [6.07, 6.45) is 1.59. The average molecular weight is 279 g/mol. The highest BCUT2D eigenvalue weighted by Gasteiger charge is 2.34. The van der Waals surface area contributed by atoms with Gasteiger partial charge in [-0.05, 0) is 25.0 Å². The number of nitro benzene ring substituents is 1. The molecule has 1 aromatic carbocycles. The van der Waals surface area contributed by atoms with E-state index in [1.807, 2.05) is 0 Å². The van der Waals surface area contributed by atoms with Crippen molar-refractivity contribution in [1.82, 2.24) is 0 Å². The lowest BCUT2D eigenvalue weighted by molar-refractivity contribution is -0.384. The van der Waals surface area contributed by atoms with E-state index in [2.05, 4.69) is 0 Å². The molecule has 1 aliphatic rings. The van der Waals surface area contributed by atoms with Crippen molar-refractivity contribution < 1.29 is 19.6 Å². The molecule has 0 aliphatic heterocycles. The summed E-state index contributed by atoms with van der Waals surface area (Å²) in [6.45, 7) is -0.318. The largest absolute Gasteiger partial charge is 0.480 e. The summed E-state index contributed by atoms with van der Waals surface area (Å²) in [5.41, 5.74) is 5.00. The molecule has 0 atom stereocenters. The van der Waals surface area contributed by atoms with Crippen LogP contribution in [0.3, 0.4) is 0 Å². The molecule has 1 aliphatic carbocycles. The number of nitrogens with zero attached hydrogens (tertiary/aromatic N) is 2. The summed E-state index contributed by atoms with van der Waals surface area (Å²) >= 11 is 0. The summed E-state index contributed by atoms with van der Waals surface area (Å²) in [4.78, 5) is 33.9. The van der Waals surface area contributed by atoms with Gasteiger partial charge in [0.1, 0.15) is 12.2 Å². The van der Waals surface area contributed by atoms with Crippen molar-refractivity contribution in [2.45, 2.75) is 18.9 Å². The molecular formula is C12H13N3O5. The zero-order chi connectivity index (χ0) is 14.9. The average Bonchev–Trinajstić information content (AvgIpc) is 3.19. The van der Waals surface area contributed by atoms with Crippen molar-refractivity contribution >= 4 is 23.3 Å². The minimum atomic E-state index is -1.06.